The van der Waals surface area contributed by atoms with Crippen LogP contribution < -0.4 is 0 Å². The van der Waals surface area contributed by atoms with E-state index in [4.69, 9.17) is 0 Å². The fourth-order valence-corrected chi connectivity index (χ4v) is 2.05. The van der Waals surface area contributed by atoms with Gasteiger partial charge in [-0.15, -0.1) is 0 Å². The highest BCUT2D eigenvalue weighted by atomic mass is 16.3. The Morgan fingerprint density at radius 2 is 1.65 bits per heavy atom. The van der Waals surface area contributed by atoms with Crippen molar-refractivity contribution in [2.24, 2.45) is 0 Å². The van der Waals surface area contributed by atoms with Crippen molar-refractivity contribution in [2.75, 3.05) is 0 Å². The topological polar surface area (TPSA) is 20.2 Å². The Balaban J connectivity index is 2.80. The summed E-state index contributed by atoms with van der Waals surface area (Å²) in [5.74, 6) is 0.226. The van der Waals surface area contributed by atoms with Crippen molar-refractivity contribution in [1.82, 2.24) is 0 Å². The molecule has 0 radical (unpaired) electrons. The summed E-state index contributed by atoms with van der Waals surface area (Å²) in [4.78, 5) is 0. The summed E-state index contributed by atoms with van der Waals surface area (Å²) in [5, 5.41) is 10.0. The molecular formula is C16H26O. The number of benzene rings is 1. The van der Waals surface area contributed by atoms with Crippen molar-refractivity contribution >= 4 is 0 Å². The Hall–Kier alpha value is -0.820. The van der Waals surface area contributed by atoms with E-state index in [-0.39, 0.29) is 17.4 Å². The molecule has 17 heavy (non-hydrogen) atoms. The van der Waals surface area contributed by atoms with Crippen LogP contribution in [0.25, 0.3) is 0 Å². The maximum atomic E-state index is 10.0. The molecule has 0 aliphatic carbocycles. The average Bonchev–Trinajstić information content (AvgIpc) is 2.27. The normalized spacial score (nSPS) is 15.6. The van der Waals surface area contributed by atoms with E-state index in [1.165, 1.54) is 11.1 Å². The molecule has 0 aromatic heterocycles. The fraction of sp³-hybridized carbons (Fsp3) is 0.625. The Bertz CT molecular complexity index is 332. The van der Waals surface area contributed by atoms with Crippen LogP contribution in [0.3, 0.4) is 0 Å². The summed E-state index contributed by atoms with van der Waals surface area (Å²) >= 11 is 0. The number of rotatable bonds is 4. The molecule has 0 aliphatic rings. The zero-order chi connectivity index (χ0) is 13.1. The first kappa shape index (κ1) is 14.2. The molecule has 1 rings (SSSR count). The molecular weight excluding hydrogens is 208 g/mol. The second kappa shape index (κ2) is 5.68. The third kappa shape index (κ3) is 3.85. The minimum atomic E-state index is -0.222. The maximum Gasteiger partial charge on any atom is 0.0606 e. The lowest BCUT2D eigenvalue weighted by Crippen LogP contribution is -2.16. The molecule has 1 aromatic rings. The lowest BCUT2D eigenvalue weighted by Gasteiger charge is -2.22. The molecule has 0 saturated heterocycles. The number of hydrogen-bond donors (Lipinski definition) is 1. The van der Waals surface area contributed by atoms with Gasteiger partial charge in [0.05, 0.1) is 6.10 Å². The maximum absolute atomic E-state index is 10.0. The van der Waals surface area contributed by atoms with Crippen LogP contribution in [0.15, 0.2) is 24.3 Å². The van der Waals surface area contributed by atoms with Gasteiger partial charge in [-0.3, -0.25) is 0 Å². The second-order valence-electron chi connectivity index (χ2n) is 6.02. The van der Waals surface area contributed by atoms with Crippen LogP contribution in [0, 0.1) is 0 Å². The van der Waals surface area contributed by atoms with Gasteiger partial charge in [-0.05, 0) is 23.0 Å². The first-order chi connectivity index (χ1) is 7.86. The van der Waals surface area contributed by atoms with Crippen LogP contribution in [0.2, 0.25) is 0 Å². The molecule has 0 heterocycles. The van der Waals surface area contributed by atoms with Gasteiger partial charge in [0.25, 0.3) is 0 Å². The molecule has 0 amide bonds. The molecule has 0 aliphatic heterocycles. The largest absolute Gasteiger partial charge is 0.393 e. The van der Waals surface area contributed by atoms with E-state index < -0.39 is 0 Å². The summed E-state index contributed by atoms with van der Waals surface area (Å²) in [5.41, 5.74) is 2.78. The highest BCUT2D eigenvalue weighted by Gasteiger charge is 2.17. The molecule has 1 nitrogen and oxygen atoms in total. The van der Waals surface area contributed by atoms with Gasteiger partial charge in [0.1, 0.15) is 0 Å². The molecule has 0 spiro atoms. The predicted molar refractivity (Wildman–Crippen MR) is 74.5 cm³/mol. The van der Waals surface area contributed by atoms with E-state index in [0.717, 1.165) is 12.8 Å². The molecule has 96 valence electrons. The van der Waals surface area contributed by atoms with Gasteiger partial charge in [0.2, 0.25) is 0 Å². The average molecular weight is 234 g/mol. The number of hydrogen-bond acceptors (Lipinski definition) is 1. The van der Waals surface area contributed by atoms with Gasteiger partial charge in [0.15, 0.2) is 0 Å². The first-order valence-corrected chi connectivity index (χ1v) is 6.64. The summed E-state index contributed by atoms with van der Waals surface area (Å²) in [7, 11) is 0. The molecule has 0 bridgehead atoms. The Morgan fingerprint density at radius 3 is 2.06 bits per heavy atom. The van der Waals surface area contributed by atoms with E-state index in [2.05, 4.69) is 58.9 Å². The van der Waals surface area contributed by atoms with E-state index in [1.807, 2.05) is 0 Å². The van der Waals surface area contributed by atoms with Crippen LogP contribution in [0.1, 0.15) is 64.5 Å². The van der Waals surface area contributed by atoms with Gasteiger partial charge in [-0.25, -0.2) is 0 Å². The molecule has 1 N–H and O–H groups in total. The van der Waals surface area contributed by atoms with Gasteiger partial charge in [-0.1, -0.05) is 65.3 Å². The minimum absolute atomic E-state index is 0.198. The minimum Gasteiger partial charge on any atom is -0.393 e. The summed E-state index contributed by atoms with van der Waals surface area (Å²) in [6.07, 6.45) is 1.69. The zero-order valence-corrected chi connectivity index (χ0v) is 11.8. The SMILES string of the molecule is CCCC(O)C(C)c1ccc(C(C)(C)C)cc1. The van der Waals surface area contributed by atoms with Crippen LogP contribution in [0.4, 0.5) is 0 Å². The quantitative estimate of drug-likeness (QED) is 0.825. The summed E-state index contributed by atoms with van der Waals surface area (Å²) in [6.45, 7) is 10.9. The summed E-state index contributed by atoms with van der Waals surface area (Å²) in [6, 6.07) is 8.68. The van der Waals surface area contributed by atoms with E-state index in [1.54, 1.807) is 0 Å². The lowest BCUT2D eigenvalue weighted by molar-refractivity contribution is 0.139. The van der Waals surface area contributed by atoms with Crippen molar-refractivity contribution in [2.45, 2.75) is 64.9 Å². The Labute approximate surface area is 106 Å². The number of aliphatic hydroxyl groups is 1. The molecule has 2 atom stereocenters. The van der Waals surface area contributed by atoms with Crippen molar-refractivity contribution in [3.63, 3.8) is 0 Å². The smallest absolute Gasteiger partial charge is 0.0606 e. The molecule has 0 fully saturated rings. The third-order valence-electron chi connectivity index (χ3n) is 3.46. The first-order valence-electron chi connectivity index (χ1n) is 6.64. The molecule has 0 saturated carbocycles. The van der Waals surface area contributed by atoms with Crippen LogP contribution in [-0.2, 0) is 5.41 Å². The molecule has 1 aromatic carbocycles. The second-order valence-corrected chi connectivity index (χ2v) is 6.02. The van der Waals surface area contributed by atoms with Crippen molar-refractivity contribution < 1.29 is 5.11 Å². The van der Waals surface area contributed by atoms with Crippen LogP contribution in [0.5, 0.6) is 0 Å². The Morgan fingerprint density at radius 1 is 1.12 bits per heavy atom. The van der Waals surface area contributed by atoms with Crippen molar-refractivity contribution in [1.29, 1.82) is 0 Å². The van der Waals surface area contributed by atoms with E-state index in [0.29, 0.717) is 0 Å². The zero-order valence-electron chi connectivity index (χ0n) is 11.8. The highest BCUT2D eigenvalue weighted by Crippen LogP contribution is 2.26. The third-order valence-corrected chi connectivity index (χ3v) is 3.46. The van der Waals surface area contributed by atoms with Gasteiger partial charge >= 0.3 is 0 Å². The standard InChI is InChI=1S/C16H26O/c1-6-7-15(17)12(2)13-8-10-14(11-9-13)16(3,4)5/h8-12,15,17H,6-7H2,1-5H3. The lowest BCUT2D eigenvalue weighted by atomic mass is 9.85. The van der Waals surface area contributed by atoms with E-state index in [9.17, 15) is 5.11 Å². The predicted octanol–water partition coefficient (Wildman–Crippen LogP) is 4.25. The van der Waals surface area contributed by atoms with Crippen molar-refractivity contribution in [3.05, 3.63) is 35.4 Å². The molecule has 1 heteroatoms. The van der Waals surface area contributed by atoms with Crippen LogP contribution >= 0.6 is 0 Å². The highest BCUT2D eigenvalue weighted by molar-refractivity contribution is 5.29. The van der Waals surface area contributed by atoms with Crippen LogP contribution in [-0.4, -0.2) is 11.2 Å². The monoisotopic (exact) mass is 234 g/mol. The van der Waals surface area contributed by atoms with E-state index >= 15 is 0 Å². The van der Waals surface area contributed by atoms with Crippen molar-refractivity contribution in [3.8, 4) is 0 Å². The molecule has 2 unspecified atom stereocenters. The Kier molecular flexibility index (Phi) is 4.76. The summed E-state index contributed by atoms with van der Waals surface area (Å²) < 4.78 is 0. The number of aliphatic hydroxyl groups excluding tert-OH is 1. The van der Waals surface area contributed by atoms with Gasteiger partial charge in [0, 0.05) is 5.92 Å². The van der Waals surface area contributed by atoms with Gasteiger partial charge in [-0.2, -0.15) is 0 Å². The fourth-order valence-electron chi connectivity index (χ4n) is 2.05. The van der Waals surface area contributed by atoms with Gasteiger partial charge < -0.3 is 5.11 Å².